The predicted molar refractivity (Wildman–Crippen MR) is 69.0 cm³/mol. The molecule has 1 fully saturated rings. The Morgan fingerprint density at radius 3 is 2.79 bits per heavy atom. The fraction of sp³-hybridized carbons (Fsp3) is 0.308. The van der Waals surface area contributed by atoms with Gasteiger partial charge in [-0.1, -0.05) is 6.07 Å². The highest BCUT2D eigenvalue weighted by molar-refractivity contribution is 8.00. The number of fused-ring (bicyclic) bond motifs is 1. The van der Waals surface area contributed by atoms with Crippen LogP contribution < -0.4 is 4.57 Å². The molecule has 0 radical (unpaired) electrons. The second-order valence-electron chi connectivity index (χ2n) is 4.54. The highest BCUT2D eigenvalue weighted by Gasteiger charge is 2.45. The number of aromatic nitrogens is 1. The van der Waals surface area contributed by atoms with Crippen LogP contribution in [-0.4, -0.2) is 33.0 Å². The van der Waals surface area contributed by atoms with E-state index in [1.165, 1.54) is 4.90 Å². The number of carbonyl (C=O) groups is 2. The number of carbonyl (C=O) groups excluding carboxylic acids is 1. The molecule has 1 N–H and O–H groups in total. The lowest BCUT2D eigenvalue weighted by Crippen LogP contribution is -2.54. The molecular weight excluding hydrogens is 264 g/mol. The second kappa shape index (κ2) is 4.70. The van der Waals surface area contributed by atoms with Crippen molar-refractivity contribution in [3.63, 3.8) is 0 Å². The zero-order valence-corrected chi connectivity index (χ0v) is 11.0. The Bertz CT molecular complexity index is 571. The molecule has 3 heterocycles. The van der Waals surface area contributed by atoms with Gasteiger partial charge in [0.25, 0.3) is 0 Å². The number of pyridine rings is 1. The summed E-state index contributed by atoms with van der Waals surface area (Å²) in [4.78, 5) is 24.4. The molecule has 1 atom stereocenters. The van der Waals surface area contributed by atoms with Crippen molar-refractivity contribution in [1.29, 1.82) is 0 Å². The Morgan fingerprint density at radius 1 is 1.42 bits per heavy atom. The molecule has 5 nitrogen and oxygen atoms in total. The molecule has 0 aromatic carbocycles. The standard InChI is InChI=1S/C13H12N2O3S/c16-10-6-11-15(10)12(13(17)18)9(8-19-11)7-14-4-2-1-3-5-14/h1-5,11H,6-8H2/p+1. The summed E-state index contributed by atoms with van der Waals surface area (Å²) in [6.45, 7) is 0.506. The predicted octanol–water partition coefficient (Wildman–Crippen LogP) is 0.618. The van der Waals surface area contributed by atoms with Gasteiger partial charge in [0.05, 0.1) is 11.8 Å². The van der Waals surface area contributed by atoms with E-state index >= 15 is 0 Å². The Hall–Kier alpha value is -1.82. The SMILES string of the molecule is O=C(O)C1=C(C[n+]2ccccc2)CSC2CC(=O)N12. The average Bonchev–Trinajstić information content (AvgIpc) is 2.39. The lowest BCUT2D eigenvalue weighted by Gasteiger charge is -2.43. The normalized spacial score (nSPS) is 22.0. The van der Waals surface area contributed by atoms with Crippen molar-refractivity contribution < 1.29 is 19.3 Å². The van der Waals surface area contributed by atoms with E-state index in [0.29, 0.717) is 18.7 Å². The van der Waals surface area contributed by atoms with Crippen molar-refractivity contribution in [1.82, 2.24) is 4.90 Å². The van der Waals surface area contributed by atoms with Gasteiger partial charge in [-0.15, -0.1) is 11.8 Å². The van der Waals surface area contributed by atoms with E-state index in [4.69, 9.17) is 0 Å². The van der Waals surface area contributed by atoms with E-state index in [9.17, 15) is 14.7 Å². The van der Waals surface area contributed by atoms with Gasteiger partial charge in [-0.25, -0.2) is 9.36 Å². The van der Waals surface area contributed by atoms with Crippen LogP contribution >= 0.6 is 11.8 Å². The van der Waals surface area contributed by atoms with Crippen LogP contribution in [0.2, 0.25) is 0 Å². The summed E-state index contributed by atoms with van der Waals surface area (Å²) in [6.07, 6.45) is 4.23. The number of β-lactam (4-membered cyclic amide) rings is 1. The summed E-state index contributed by atoms with van der Waals surface area (Å²) in [7, 11) is 0. The fourth-order valence-corrected chi connectivity index (χ4v) is 3.61. The maximum atomic E-state index is 11.6. The van der Waals surface area contributed by atoms with Crippen molar-refractivity contribution in [2.24, 2.45) is 0 Å². The van der Waals surface area contributed by atoms with Crippen molar-refractivity contribution in [2.75, 3.05) is 5.75 Å². The summed E-state index contributed by atoms with van der Waals surface area (Å²) in [5.41, 5.74) is 0.967. The molecule has 2 aliphatic rings. The molecule has 6 heteroatoms. The van der Waals surface area contributed by atoms with Crippen LogP contribution in [0, 0.1) is 0 Å². The third-order valence-corrected chi connectivity index (χ3v) is 4.56. The zero-order chi connectivity index (χ0) is 13.4. The molecule has 1 unspecified atom stereocenters. The van der Waals surface area contributed by atoms with Gasteiger partial charge in [-0.05, 0) is 0 Å². The molecule has 0 aliphatic carbocycles. The summed E-state index contributed by atoms with van der Waals surface area (Å²) >= 11 is 1.64. The van der Waals surface area contributed by atoms with Crippen molar-refractivity contribution in [3.8, 4) is 0 Å². The molecule has 0 saturated carbocycles. The van der Waals surface area contributed by atoms with Crippen molar-refractivity contribution in [2.45, 2.75) is 18.3 Å². The summed E-state index contributed by atoms with van der Waals surface area (Å²) in [5.74, 6) is -0.437. The van der Waals surface area contributed by atoms with E-state index in [2.05, 4.69) is 0 Å². The molecule has 19 heavy (non-hydrogen) atoms. The number of amides is 1. The van der Waals surface area contributed by atoms with Crippen LogP contribution in [0.5, 0.6) is 0 Å². The molecule has 2 aliphatic heterocycles. The van der Waals surface area contributed by atoms with Gasteiger partial charge >= 0.3 is 5.97 Å². The van der Waals surface area contributed by atoms with Crippen molar-refractivity contribution >= 4 is 23.6 Å². The number of hydrogen-bond acceptors (Lipinski definition) is 3. The number of carboxylic acids is 1. The maximum Gasteiger partial charge on any atom is 0.352 e. The largest absolute Gasteiger partial charge is 0.477 e. The number of nitrogens with zero attached hydrogens (tertiary/aromatic N) is 2. The van der Waals surface area contributed by atoms with Gasteiger partial charge < -0.3 is 5.11 Å². The Labute approximate surface area is 114 Å². The minimum atomic E-state index is -1.01. The summed E-state index contributed by atoms with van der Waals surface area (Å²) < 4.78 is 1.92. The minimum absolute atomic E-state index is 0.0168. The third kappa shape index (κ3) is 2.12. The molecule has 98 valence electrons. The van der Waals surface area contributed by atoms with E-state index < -0.39 is 5.97 Å². The highest BCUT2D eigenvalue weighted by atomic mass is 32.2. The average molecular weight is 277 g/mol. The monoisotopic (exact) mass is 277 g/mol. The topological polar surface area (TPSA) is 61.5 Å². The molecule has 1 aromatic rings. The Balaban J connectivity index is 1.94. The smallest absolute Gasteiger partial charge is 0.352 e. The lowest BCUT2D eigenvalue weighted by atomic mass is 10.1. The minimum Gasteiger partial charge on any atom is -0.477 e. The summed E-state index contributed by atoms with van der Waals surface area (Å²) in [6, 6.07) is 5.71. The first-order valence-corrected chi connectivity index (χ1v) is 7.05. The van der Waals surface area contributed by atoms with Crippen LogP contribution in [0.1, 0.15) is 6.42 Å². The molecule has 0 spiro atoms. The first kappa shape index (κ1) is 12.2. The first-order chi connectivity index (χ1) is 9.16. The van der Waals surface area contributed by atoms with Gasteiger partial charge in [-0.2, -0.15) is 0 Å². The Kier molecular flexibility index (Phi) is 3.02. The number of carboxylic acid groups (broad SMARTS) is 1. The van der Waals surface area contributed by atoms with Crippen LogP contribution in [0.4, 0.5) is 0 Å². The van der Waals surface area contributed by atoms with E-state index in [-0.39, 0.29) is 17.0 Å². The quantitative estimate of drug-likeness (QED) is 0.650. The number of rotatable bonds is 3. The first-order valence-electron chi connectivity index (χ1n) is 6.00. The van der Waals surface area contributed by atoms with Gasteiger partial charge in [-0.3, -0.25) is 9.69 Å². The third-order valence-electron chi connectivity index (χ3n) is 3.28. The molecule has 3 rings (SSSR count). The fourth-order valence-electron chi connectivity index (χ4n) is 2.36. The number of thioether (sulfide) groups is 1. The second-order valence-corrected chi connectivity index (χ2v) is 5.70. The molecule has 0 bridgehead atoms. The van der Waals surface area contributed by atoms with E-state index in [1.807, 2.05) is 35.2 Å². The van der Waals surface area contributed by atoms with Gasteiger partial charge in [0.2, 0.25) is 5.91 Å². The van der Waals surface area contributed by atoms with Gasteiger partial charge in [0.15, 0.2) is 18.9 Å². The van der Waals surface area contributed by atoms with E-state index in [1.54, 1.807) is 11.8 Å². The zero-order valence-electron chi connectivity index (χ0n) is 10.2. The van der Waals surface area contributed by atoms with Gasteiger partial charge in [0, 0.05) is 23.5 Å². The maximum absolute atomic E-state index is 11.6. The van der Waals surface area contributed by atoms with Crippen LogP contribution in [0.15, 0.2) is 41.9 Å². The van der Waals surface area contributed by atoms with Crippen LogP contribution in [0.3, 0.4) is 0 Å². The van der Waals surface area contributed by atoms with Crippen molar-refractivity contribution in [3.05, 3.63) is 41.9 Å². The highest BCUT2D eigenvalue weighted by Crippen LogP contribution is 2.39. The van der Waals surface area contributed by atoms with Gasteiger partial charge in [0.1, 0.15) is 5.70 Å². The molecular formula is C13H13N2O3S+. The van der Waals surface area contributed by atoms with Crippen LogP contribution in [0.25, 0.3) is 0 Å². The lowest BCUT2D eigenvalue weighted by molar-refractivity contribution is -0.689. The van der Waals surface area contributed by atoms with E-state index in [0.717, 1.165) is 5.57 Å². The number of aliphatic carboxylic acids is 1. The molecule has 1 saturated heterocycles. The molecule has 1 aromatic heterocycles. The van der Waals surface area contributed by atoms with Crippen LogP contribution in [-0.2, 0) is 16.1 Å². The Morgan fingerprint density at radius 2 is 2.16 bits per heavy atom. The number of hydrogen-bond donors (Lipinski definition) is 1. The summed E-state index contributed by atoms with van der Waals surface area (Å²) in [5, 5.41) is 9.37. The molecule has 1 amide bonds.